The van der Waals surface area contributed by atoms with Crippen LogP contribution in [0.2, 0.25) is 0 Å². The van der Waals surface area contributed by atoms with Crippen molar-refractivity contribution in [3.8, 4) is 18.1 Å². The van der Waals surface area contributed by atoms with Crippen LogP contribution in [0, 0.1) is 40.3 Å². The summed E-state index contributed by atoms with van der Waals surface area (Å²) in [5.41, 5.74) is 4.39. The fourth-order valence-electron chi connectivity index (χ4n) is 3.40. The Morgan fingerprint density at radius 1 is 1.15 bits per heavy atom. The van der Waals surface area contributed by atoms with Gasteiger partial charge in [-0.3, -0.25) is 19.3 Å². The van der Waals surface area contributed by atoms with E-state index in [9.17, 15) is 14.4 Å². The van der Waals surface area contributed by atoms with Crippen LogP contribution in [0.5, 0.6) is 5.75 Å². The zero-order chi connectivity index (χ0) is 24.3. The predicted octanol–water partition coefficient (Wildman–Crippen LogP) is 5.51. The minimum absolute atomic E-state index is 0.161. The van der Waals surface area contributed by atoms with E-state index in [1.807, 2.05) is 45.0 Å². The quantitative estimate of drug-likeness (QED) is 0.247. The van der Waals surface area contributed by atoms with Crippen molar-refractivity contribution in [1.82, 2.24) is 4.90 Å². The molecule has 1 saturated heterocycles. The molecule has 0 aromatic heterocycles. The molecule has 1 aliphatic heterocycles. The molecule has 0 spiro atoms. The first kappa shape index (κ1) is 25.6. The molecular formula is C24H20I2N2O4S. The molecule has 170 valence electrons. The third-order valence-electron chi connectivity index (χ3n) is 4.73. The molecule has 33 heavy (non-hydrogen) atoms. The number of ether oxygens (including phenoxy) is 1. The molecule has 3 amide bonds. The van der Waals surface area contributed by atoms with Crippen LogP contribution in [0.1, 0.15) is 22.3 Å². The van der Waals surface area contributed by atoms with Gasteiger partial charge in [0.2, 0.25) is 5.91 Å². The molecule has 1 heterocycles. The lowest BCUT2D eigenvalue weighted by Crippen LogP contribution is -2.36. The third kappa shape index (κ3) is 6.10. The highest BCUT2D eigenvalue weighted by Gasteiger charge is 2.36. The van der Waals surface area contributed by atoms with E-state index >= 15 is 0 Å². The molecule has 6 nitrogen and oxygen atoms in total. The summed E-state index contributed by atoms with van der Waals surface area (Å²) in [4.78, 5) is 39.2. The van der Waals surface area contributed by atoms with Crippen molar-refractivity contribution in [2.24, 2.45) is 0 Å². The SMILES string of the molecule is C#CCOc1c(I)cc(/C=C2\SC(=O)N(CC(=O)Nc3c(C)cc(C)cc3C)C2=O)cc1I. The first-order valence-corrected chi connectivity index (χ1v) is 12.8. The van der Waals surface area contributed by atoms with E-state index in [1.54, 1.807) is 6.08 Å². The number of benzene rings is 2. The lowest BCUT2D eigenvalue weighted by Gasteiger charge is -2.16. The van der Waals surface area contributed by atoms with Crippen molar-refractivity contribution in [1.29, 1.82) is 0 Å². The summed E-state index contributed by atoms with van der Waals surface area (Å²) >= 11 is 5.09. The average Bonchev–Trinajstić information content (AvgIpc) is 2.97. The molecule has 0 unspecified atom stereocenters. The van der Waals surface area contributed by atoms with Crippen molar-refractivity contribution in [3.63, 3.8) is 0 Å². The van der Waals surface area contributed by atoms with Gasteiger partial charge in [0.15, 0.2) is 0 Å². The topological polar surface area (TPSA) is 75.7 Å². The second-order valence-corrected chi connectivity index (χ2v) is 10.7. The summed E-state index contributed by atoms with van der Waals surface area (Å²) in [5.74, 6) is 2.20. The molecule has 1 aliphatic rings. The van der Waals surface area contributed by atoms with Crippen molar-refractivity contribution in [2.75, 3.05) is 18.5 Å². The lowest BCUT2D eigenvalue weighted by molar-refractivity contribution is -0.127. The normalized spacial score (nSPS) is 14.5. The highest BCUT2D eigenvalue weighted by atomic mass is 127. The van der Waals surface area contributed by atoms with Crippen LogP contribution in [0.4, 0.5) is 10.5 Å². The zero-order valence-corrected chi connectivity index (χ0v) is 23.3. The van der Waals surface area contributed by atoms with E-state index in [1.165, 1.54) is 0 Å². The third-order valence-corrected chi connectivity index (χ3v) is 7.24. The average molecular weight is 686 g/mol. The number of hydrogen-bond acceptors (Lipinski definition) is 5. The molecule has 0 atom stereocenters. The zero-order valence-electron chi connectivity index (χ0n) is 18.1. The fourth-order valence-corrected chi connectivity index (χ4v) is 6.37. The van der Waals surface area contributed by atoms with Gasteiger partial charge in [-0.05, 0) is 113 Å². The van der Waals surface area contributed by atoms with Gasteiger partial charge < -0.3 is 10.1 Å². The van der Waals surface area contributed by atoms with E-state index in [-0.39, 0.29) is 18.1 Å². The highest BCUT2D eigenvalue weighted by molar-refractivity contribution is 14.1. The number of nitrogens with zero attached hydrogens (tertiary/aromatic N) is 1. The molecule has 0 aliphatic carbocycles. The Morgan fingerprint density at radius 3 is 2.33 bits per heavy atom. The summed E-state index contributed by atoms with van der Waals surface area (Å²) in [6.45, 7) is 5.61. The monoisotopic (exact) mass is 686 g/mol. The van der Waals surface area contributed by atoms with Gasteiger partial charge in [0.25, 0.3) is 11.1 Å². The molecular weight excluding hydrogens is 666 g/mol. The predicted molar refractivity (Wildman–Crippen MR) is 148 cm³/mol. The smallest absolute Gasteiger partial charge is 0.294 e. The number of carbonyl (C=O) groups excluding carboxylic acids is 3. The number of nitrogens with one attached hydrogen (secondary N) is 1. The second-order valence-electron chi connectivity index (χ2n) is 7.40. The Hall–Kier alpha value is -2.04. The number of carbonyl (C=O) groups is 3. The first-order chi connectivity index (χ1) is 15.6. The number of anilines is 1. The standard InChI is InChI=1S/C24H20I2N2O4S/c1-5-6-32-22-17(25)9-16(10-18(22)26)11-19-23(30)28(24(31)33-19)12-20(29)27-21-14(3)7-13(2)8-15(21)4/h1,7-11H,6,12H2,2-4H3,(H,27,29)/b19-11-. The van der Waals surface area contributed by atoms with Gasteiger partial charge in [-0.25, -0.2) is 0 Å². The number of aryl methyl sites for hydroxylation is 3. The van der Waals surface area contributed by atoms with Gasteiger partial charge in [0.1, 0.15) is 18.9 Å². The maximum absolute atomic E-state index is 12.9. The number of rotatable bonds is 6. The van der Waals surface area contributed by atoms with Crippen LogP contribution in [0.25, 0.3) is 6.08 Å². The maximum Gasteiger partial charge on any atom is 0.294 e. The van der Waals surface area contributed by atoms with Gasteiger partial charge in [0.05, 0.1) is 12.0 Å². The van der Waals surface area contributed by atoms with E-state index in [2.05, 4.69) is 56.4 Å². The van der Waals surface area contributed by atoms with Crippen molar-refractivity contribution < 1.29 is 19.1 Å². The molecule has 9 heteroatoms. The Labute approximate surface area is 224 Å². The van der Waals surface area contributed by atoms with Crippen LogP contribution in [0.3, 0.4) is 0 Å². The van der Waals surface area contributed by atoms with Crippen LogP contribution in [-0.4, -0.2) is 35.1 Å². The van der Waals surface area contributed by atoms with Crippen LogP contribution in [0.15, 0.2) is 29.2 Å². The van der Waals surface area contributed by atoms with Crippen molar-refractivity contribution in [3.05, 3.63) is 58.6 Å². The molecule has 1 fully saturated rings. The summed E-state index contributed by atoms with van der Waals surface area (Å²) in [7, 11) is 0. The molecule has 2 aromatic rings. The van der Waals surface area contributed by atoms with Crippen molar-refractivity contribution in [2.45, 2.75) is 20.8 Å². The fraction of sp³-hybridized carbons (Fsp3) is 0.208. The molecule has 1 N–H and O–H groups in total. The summed E-state index contributed by atoms with van der Waals surface area (Å²) in [5, 5.41) is 2.36. The number of terminal acetylenes is 1. The molecule has 0 bridgehead atoms. The minimum Gasteiger partial charge on any atom is -0.479 e. The molecule has 3 rings (SSSR count). The van der Waals surface area contributed by atoms with E-state index in [0.717, 1.165) is 46.1 Å². The second kappa shape index (κ2) is 10.9. The minimum atomic E-state index is -0.491. The Morgan fingerprint density at radius 2 is 1.76 bits per heavy atom. The lowest BCUT2D eigenvalue weighted by atomic mass is 10.1. The molecule has 0 radical (unpaired) electrons. The van der Waals surface area contributed by atoms with Gasteiger partial charge in [-0.1, -0.05) is 23.6 Å². The number of thioether (sulfide) groups is 1. The molecule has 2 aromatic carbocycles. The van der Waals surface area contributed by atoms with E-state index < -0.39 is 17.1 Å². The Kier molecular flexibility index (Phi) is 8.47. The highest BCUT2D eigenvalue weighted by Crippen LogP contribution is 2.35. The summed E-state index contributed by atoms with van der Waals surface area (Å²) < 4.78 is 7.24. The van der Waals surface area contributed by atoms with Gasteiger partial charge >= 0.3 is 0 Å². The number of hydrogen-bond donors (Lipinski definition) is 1. The number of halogens is 2. The van der Waals surface area contributed by atoms with Crippen LogP contribution in [-0.2, 0) is 9.59 Å². The number of imide groups is 1. The van der Waals surface area contributed by atoms with Crippen LogP contribution >= 0.6 is 56.9 Å². The van der Waals surface area contributed by atoms with E-state index in [4.69, 9.17) is 11.2 Å². The van der Waals surface area contributed by atoms with Gasteiger partial charge in [-0.2, -0.15) is 0 Å². The summed E-state index contributed by atoms with van der Waals surface area (Å²) in [6, 6.07) is 7.63. The van der Waals surface area contributed by atoms with Gasteiger partial charge in [-0.15, -0.1) is 6.42 Å². The molecule has 0 saturated carbocycles. The Bertz CT molecular complexity index is 1190. The van der Waals surface area contributed by atoms with E-state index in [0.29, 0.717) is 11.4 Å². The maximum atomic E-state index is 12.9. The summed E-state index contributed by atoms with van der Waals surface area (Å²) in [6.07, 6.45) is 6.91. The van der Waals surface area contributed by atoms with Crippen LogP contribution < -0.4 is 10.1 Å². The first-order valence-electron chi connectivity index (χ1n) is 9.79. The van der Waals surface area contributed by atoms with Crippen molar-refractivity contribution >= 4 is 85.8 Å². The Balaban J connectivity index is 1.75. The number of amides is 3. The largest absolute Gasteiger partial charge is 0.479 e. The van der Waals surface area contributed by atoms with Gasteiger partial charge in [0, 0.05) is 5.69 Å².